The standard InChI is InChI=1S/C23H32Si.C21H25.C5H5.Hf/c1-7-24(8-2,9-3)22-16-12-20(13-17-22)18-19-10-14-21(15-11-19)23(4,5)6;1-20(2,3)16-7-9-18-14(12-16)11-15-13-17(21(4,5)6)8-10-19(15)18;1-2-4-5-3-1;/h10-17H,7-9H2,1-6H3;7-10,12H,11H2,1-6H3;1-5H;. The number of benzene rings is 4. The van der Waals surface area contributed by atoms with Crippen LogP contribution in [0.4, 0.5) is 0 Å². The molecule has 2 heteroatoms. The van der Waals surface area contributed by atoms with Crippen molar-refractivity contribution in [2.75, 3.05) is 0 Å². The van der Waals surface area contributed by atoms with Crippen molar-refractivity contribution in [2.45, 2.75) is 128 Å². The van der Waals surface area contributed by atoms with Gasteiger partial charge in [-0.1, -0.05) is 0 Å². The molecule has 0 atom stereocenters. The van der Waals surface area contributed by atoms with Crippen molar-refractivity contribution < 1.29 is 21.0 Å². The summed E-state index contributed by atoms with van der Waals surface area (Å²) in [5.74, 6) is 0. The molecule has 0 nitrogen and oxygen atoms in total. The Labute approximate surface area is 319 Å². The number of hydrogen-bond donors (Lipinski definition) is 0. The summed E-state index contributed by atoms with van der Waals surface area (Å²) in [6.45, 7) is 28.6. The summed E-state index contributed by atoms with van der Waals surface area (Å²) in [7, 11) is -1.49. The molecule has 0 heterocycles. The molecule has 4 aromatic carbocycles. The van der Waals surface area contributed by atoms with E-state index in [4.69, 9.17) is 0 Å². The fraction of sp³-hybridized carbons (Fsp3) is 0.408. The molecule has 2 aliphatic rings. The van der Waals surface area contributed by atoms with Crippen LogP contribution in [0.3, 0.4) is 0 Å². The first-order valence-electron chi connectivity index (χ1n) is 19.6. The van der Waals surface area contributed by atoms with E-state index in [1.54, 1.807) is 22.9 Å². The van der Waals surface area contributed by atoms with E-state index in [1.165, 1.54) is 57.1 Å². The third-order valence-electron chi connectivity index (χ3n) is 12.2. The Morgan fingerprint density at radius 3 is 1.63 bits per heavy atom. The van der Waals surface area contributed by atoms with Crippen LogP contribution < -0.4 is 8.51 Å². The van der Waals surface area contributed by atoms with Gasteiger partial charge in [-0.2, -0.15) is 0 Å². The van der Waals surface area contributed by atoms with Gasteiger partial charge in [-0.3, -0.25) is 0 Å². The SMILES string of the molecule is CC[Si](CC)(CC)c1ccc([C](c2ccc(C(C)(C)C)cc2)=[Hf]([c]2c(C(C)(C)C)ccc3c2Cc2cc(C(C)(C)C)ccc2-3)[CH]2C=CC=C2)cc1. The summed E-state index contributed by atoms with van der Waals surface area (Å²) in [6.07, 6.45) is 10.8. The van der Waals surface area contributed by atoms with Crippen LogP contribution in [0.5, 0.6) is 0 Å². The van der Waals surface area contributed by atoms with Gasteiger partial charge in [0.15, 0.2) is 0 Å². The third-order valence-corrected chi connectivity index (χ3v) is 29.6. The topological polar surface area (TPSA) is 0 Å². The van der Waals surface area contributed by atoms with Crippen molar-refractivity contribution in [3.05, 3.63) is 142 Å². The first kappa shape index (κ1) is 38.1. The fourth-order valence-corrected chi connectivity index (χ4v) is 25.9. The second-order valence-electron chi connectivity index (χ2n) is 18.4. The van der Waals surface area contributed by atoms with Gasteiger partial charge in [0.2, 0.25) is 0 Å². The molecule has 4 aromatic rings. The summed E-state index contributed by atoms with van der Waals surface area (Å²) in [5.41, 5.74) is 13.6. The molecule has 0 aromatic heterocycles. The zero-order valence-electron chi connectivity index (χ0n) is 33.7. The first-order chi connectivity index (χ1) is 24.0. The molecule has 0 aliphatic heterocycles. The van der Waals surface area contributed by atoms with Crippen LogP contribution >= 0.6 is 0 Å². The predicted octanol–water partition coefficient (Wildman–Crippen LogP) is 12.3. The zero-order chi connectivity index (χ0) is 36.9. The molecule has 0 saturated heterocycles. The van der Waals surface area contributed by atoms with E-state index < -0.39 is 29.0 Å². The van der Waals surface area contributed by atoms with Crippen LogP contribution in [-0.2, 0) is 43.6 Å². The second-order valence-corrected chi connectivity index (χ2v) is 32.6. The summed E-state index contributed by atoms with van der Waals surface area (Å²) < 4.78 is 3.89. The molecule has 0 fully saturated rings. The molecule has 6 rings (SSSR count). The Morgan fingerprint density at radius 2 is 1.12 bits per heavy atom. The Morgan fingerprint density at radius 1 is 0.608 bits per heavy atom. The van der Waals surface area contributed by atoms with Crippen LogP contribution in [0, 0.1) is 0 Å². The number of hydrogen-bond acceptors (Lipinski definition) is 0. The monoisotopic (exact) mass is 858 g/mol. The van der Waals surface area contributed by atoms with Crippen LogP contribution in [0.2, 0.25) is 21.8 Å². The van der Waals surface area contributed by atoms with E-state index >= 15 is 0 Å². The predicted molar refractivity (Wildman–Crippen MR) is 225 cm³/mol. The minimum absolute atomic E-state index is 0.0390. The molecule has 0 radical (unpaired) electrons. The maximum atomic E-state index is 2.55. The molecule has 51 heavy (non-hydrogen) atoms. The van der Waals surface area contributed by atoms with Gasteiger partial charge in [0, 0.05) is 0 Å². The molecule has 0 unspecified atom stereocenters. The van der Waals surface area contributed by atoms with Crippen LogP contribution in [-0.4, -0.2) is 11.3 Å². The molecular formula is C49H62HfSi. The Hall–Kier alpha value is -2.68. The van der Waals surface area contributed by atoms with Gasteiger partial charge in [0.1, 0.15) is 0 Å². The van der Waals surface area contributed by atoms with Crippen molar-refractivity contribution >= 4 is 19.8 Å². The van der Waals surface area contributed by atoms with Gasteiger partial charge in [-0.25, -0.2) is 0 Å². The number of allylic oxidation sites excluding steroid dienone is 4. The summed E-state index contributed by atoms with van der Waals surface area (Å²) in [6, 6.07) is 36.3. The van der Waals surface area contributed by atoms with Crippen LogP contribution in [0.15, 0.2) is 103 Å². The Balaban J connectivity index is 1.70. The quantitative estimate of drug-likeness (QED) is 0.136. The number of fused-ring (bicyclic) bond motifs is 3. The van der Waals surface area contributed by atoms with E-state index in [1.807, 2.05) is 0 Å². The molecule has 266 valence electrons. The van der Waals surface area contributed by atoms with Crippen molar-refractivity contribution in [1.82, 2.24) is 0 Å². The molecule has 0 bridgehead atoms. The maximum absolute atomic E-state index is 3.09. The van der Waals surface area contributed by atoms with Gasteiger partial charge >= 0.3 is 322 Å². The van der Waals surface area contributed by atoms with Gasteiger partial charge in [-0.05, 0) is 0 Å². The van der Waals surface area contributed by atoms with Crippen LogP contribution in [0.1, 0.15) is 122 Å². The molecule has 0 N–H and O–H groups in total. The molecule has 2 aliphatic carbocycles. The molecule has 0 spiro atoms. The molecular weight excluding hydrogens is 795 g/mol. The average Bonchev–Trinajstić information content (AvgIpc) is 3.75. The van der Waals surface area contributed by atoms with Crippen molar-refractivity contribution in [1.29, 1.82) is 0 Å². The van der Waals surface area contributed by atoms with E-state index in [0.717, 1.165) is 6.42 Å². The van der Waals surface area contributed by atoms with E-state index in [2.05, 4.69) is 186 Å². The second kappa shape index (κ2) is 14.3. The Kier molecular flexibility index (Phi) is 10.7. The van der Waals surface area contributed by atoms with Crippen LogP contribution in [0.25, 0.3) is 11.1 Å². The van der Waals surface area contributed by atoms with Crippen molar-refractivity contribution in [3.63, 3.8) is 0 Å². The van der Waals surface area contributed by atoms with Gasteiger partial charge < -0.3 is 0 Å². The zero-order valence-corrected chi connectivity index (χ0v) is 38.3. The first-order valence-corrected chi connectivity index (χ1v) is 27.9. The van der Waals surface area contributed by atoms with Crippen molar-refractivity contribution in [2.24, 2.45) is 0 Å². The van der Waals surface area contributed by atoms with Gasteiger partial charge in [0.25, 0.3) is 0 Å². The summed E-state index contributed by atoms with van der Waals surface area (Å²) in [5, 5.41) is 1.63. The summed E-state index contributed by atoms with van der Waals surface area (Å²) >= 11 is -3.09. The normalized spacial score (nSPS) is 15.3. The molecule has 0 saturated carbocycles. The van der Waals surface area contributed by atoms with E-state index in [0.29, 0.717) is 3.67 Å². The average molecular weight is 858 g/mol. The number of rotatable bonds is 8. The van der Waals surface area contributed by atoms with Gasteiger partial charge in [-0.15, -0.1) is 0 Å². The Bertz CT molecular complexity index is 1970. The fourth-order valence-electron chi connectivity index (χ4n) is 8.73. The van der Waals surface area contributed by atoms with E-state index in [9.17, 15) is 0 Å². The van der Waals surface area contributed by atoms with Gasteiger partial charge in [0.05, 0.1) is 0 Å². The molecule has 0 amide bonds. The summed E-state index contributed by atoms with van der Waals surface area (Å²) in [4.78, 5) is 0. The third kappa shape index (κ3) is 7.31. The van der Waals surface area contributed by atoms with E-state index in [-0.39, 0.29) is 16.2 Å². The minimum atomic E-state index is -3.09. The van der Waals surface area contributed by atoms with Crippen molar-refractivity contribution in [3.8, 4) is 11.1 Å².